The van der Waals surface area contributed by atoms with E-state index in [2.05, 4.69) is 5.32 Å². The van der Waals surface area contributed by atoms with Crippen LogP contribution in [0.1, 0.15) is 25.8 Å². The van der Waals surface area contributed by atoms with E-state index in [9.17, 15) is 4.79 Å². The quantitative estimate of drug-likeness (QED) is 0.791. The second kappa shape index (κ2) is 7.14. The van der Waals surface area contributed by atoms with E-state index in [-0.39, 0.29) is 17.9 Å². The molecule has 0 aliphatic rings. The summed E-state index contributed by atoms with van der Waals surface area (Å²) >= 11 is 0. The minimum absolute atomic E-state index is 0.0486. The molecule has 0 aliphatic heterocycles. The van der Waals surface area contributed by atoms with Crippen LogP contribution in [0.2, 0.25) is 0 Å². The van der Waals surface area contributed by atoms with Gasteiger partial charge in [-0.25, -0.2) is 0 Å². The Balaban J connectivity index is 2.26. The number of aliphatic hydroxyl groups excluding tert-OH is 1. The van der Waals surface area contributed by atoms with Crippen LogP contribution in [0.5, 0.6) is 5.75 Å². The molecular formula is C15H23NO3. The monoisotopic (exact) mass is 265 g/mol. The summed E-state index contributed by atoms with van der Waals surface area (Å²) in [5.74, 6) is 0.751. The van der Waals surface area contributed by atoms with Crippen LogP contribution in [-0.2, 0) is 4.79 Å². The van der Waals surface area contributed by atoms with Gasteiger partial charge >= 0.3 is 0 Å². The van der Waals surface area contributed by atoms with Gasteiger partial charge in [0.15, 0.2) is 0 Å². The van der Waals surface area contributed by atoms with Crippen LogP contribution in [-0.4, -0.2) is 30.8 Å². The van der Waals surface area contributed by atoms with Crippen molar-refractivity contribution in [2.75, 3.05) is 19.8 Å². The molecule has 4 nitrogen and oxygen atoms in total. The summed E-state index contributed by atoms with van der Waals surface area (Å²) in [6.07, 6.45) is 0.315. The van der Waals surface area contributed by atoms with Crippen molar-refractivity contribution < 1.29 is 14.6 Å². The van der Waals surface area contributed by atoms with Gasteiger partial charge in [-0.1, -0.05) is 32.0 Å². The zero-order valence-corrected chi connectivity index (χ0v) is 11.9. The predicted molar refractivity (Wildman–Crippen MR) is 75.2 cm³/mol. The Morgan fingerprint density at radius 3 is 2.68 bits per heavy atom. The highest BCUT2D eigenvalue weighted by Gasteiger charge is 2.17. The van der Waals surface area contributed by atoms with E-state index in [1.807, 2.05) is 45.0 Å². The highest BCUT2D eigenvalue weighted by atomic mass is 16.5. The number of para-hydroxylation sites is 1. The molecule has 1 aromatic rings. The fourth-order valence-corrected chi connectivity index (χ4v) is 1.45. The molecule has 19 heavy (non-hydrogen) atoms. The molecule has 0 fully saturated rings. The van der Waals surface area contributed by atoms with Gasteiger partial charge in [-0.3, -0.25) is 4.79 Å². The second-order valence-electron chi connectivity index (χ2n) is 5.46. The maximum Gasteiger partial charge on any atom is 0.223 e. The molecular weight excluding hydrogens is 242 g/mol. The van der Waals surface area contributed by atoms with E-state index in [0.29, 0.717) is 19.6 Å². The largest absolute Gasteiger partial charge is 0.493 e. The maximum atomic E-state index is 11.6. The van der Waals surface area contributed by atoms with E-state index < -0.39 is 0 Å². The van der Waals surface area contributed by atoms with Crippen molar-refractivity contribution in [3.05, 3.63) is 29.8 Å². The van der Waals surface area contributed by atoms with Crippen LogP contribution in [0.4, 0.5) is 0 Å². The molecule has 106 valence electrons. The van der Waals surface area contributed by atoms with Gasteiger partial charge in [0, 0.05) is 18.6 Å². The van der Waals surface area contributed by atoms with Crippen LogP contribution in [0.25, 0.3) is 0 Å². The third-order valence-electron chi connectivity index (χ3n) is 2.87. The lowest BCUT2D eigenvalue weighted by molar-refractivity contribution is -0.122. The van der Waals surface area contributed by atoms with E-state index in [0.717, 1.165) is 11.3 Å². The first-order valence-corrected chi connectivity index (χ1v) is 6.50. The number of carbonyl (C=O) groups is 1. The first kappa shape index (κ1) is 15.5. The fourth-order valence-electron chi connectivity index (χ4n) is 1.45. The fraction of sp³-hybridized carbons (Fsp3) is 0.533. The molecule has 0 unspecified atom stereocenters. The Morgan fingerprint density at radius 2 is 2.05 bits per heavy atom. The van der Waals surface area contributed by atoms with Gasteiger partial charge in [-0.15, -0.1) is 0 Å². The van der Waals surface area contributed by atoms with Crippen LogP contribution >= 0.6 is 0 Å². The van der Waals surface area contributed by atoms with Crippen molar-refractivity contribution in [2.45, 2.75) is 27.2 Å². The van der Waals surface area contributed by atoms with E-state index >= 15 is 0 Å². The maximum absolute atomic E-state index is 11.6. The molecule has 2 N–H and O–H groups in total. The zero-order chi connectivity index (χ0) is 14.3. The number of aryl methyl sites for hydroxylation is 1. The Labute approximate surface area is 114 Å². The third-order valence-corrected chi connectivity index (χ3v) is 2.87. The Bertz CT molecular complexity index is 416. The summed E-state index contributed by atoms with van der Waals surface area (Å²) in [5.41, 5.74) is 0.774. The van der Waals surface area contributed by atoms with Crippen molar-refractivity contribution in [3.8, 4) is 5.75 Å². The number of hydrogen-bond donors (Lipinski definition) is 2. The SMILES string of the molecule is Cc1ccccc1OCCC(=O)NCC(C)(C)CO. The smallest absolute Gasteiger partial charge is 0.223 e. The van der Waals surface area contributed by atoms with E-state index in [1.165, 1.54) is 0 Å². The van der Waals surface area contributed by atoms with Crippen LogP contribution in [0.3, 0.4) is 0 Å². The van der Waals surface area contributed by atoms with Crippen molar-refractivity contribution in [2.24, 2.45) is 5.41 Å². The average molecular weight is 265 g/mol. The lowest BCUT2D eigenvalue weighted by atomic mass is 9.95. The summed E-state index contributed by atoms with van der Waals surface area (Å²) in [6.45, 7) is 6.64. The number of rotatable bonds is 7. The van der Waals surface area contributed by atoms with Crippen molar-refractivity contribution in [1.29, 1.82) is 0 Å². The van der Waals surface area contributed by atoms with E-state index in [4.69, 9.17) is 9.84 Å². The molecule has 0 saturated heterocycles. The van der Waals surface area contributed by atoms with E-state index in [1.54, 1.807) is 0 Å². The predicted octanol–water partition coefficient (Wildman–Crippen LogP) is 1.90. The molecule has 0 radical (unpaired) electrons. The van der Waals surface area contributed by atoms with Crippen molar-refractivity contribution in [3.63, 3.8) is 0 Å². The van der Waals surface area contributed by atoms with Crippen LogP contribution in [0.15, 0.2) is 24.3 Å². The van der Waals surface area contributed by atoms with Crippen LogP contribution in [0, 0.1) is 12.3 Å². The summed E-state index contributed by atoms with van der Waals surface area (Å²) < 4.78 is 5.56. The zero-order valence-electron chi connectivity index (χ0n) is 11.9. The number of hydrogen-bond acceptors (Lipinski definition) is 3. The van der Waals surface area contributed by atoms with Gasteiger partial charge in [0.05, 0.1) is 13.0 Å². The molecule has 1 aromatic carbocycles. The summed E-state index contributed by atoms with van der Waals surface area (Å²) in [7, 11) is 0. The topological polar surface area (TPSA) is 58.6 Å². The first-order valence-electron chi connectivity index (χ1n) is 6.50. The van der Waals surface area contributed by atoms with Gasteiger partial charge in [-0.2, -0.15) is 0 Å². The summed E-state index contributed by atoms with van der Waals surface area (Å²) in [4.78, 5) is 11.6. The standard InChI is InChI=1S/C15H23NO3/c1-12-6-4-5-7-13(12)19-9-8-14(18)16-10-15(2,3)11-17/h4-7,17H,8-11H2,1-3H3,(H,16,18). The second-order valence-corrected chi connectivity index (χ2v) is 5.46. The number of carbonyl (C=O) groups excluding carboxylic acids is 1. The highest BCUT2D eigenvalue weighted by molar-refractivity contribution is 5.76. The molecule has 4 heteroatoms. The van der Waals surface area contributed by atoms with Crippen molar-refractivity contribution >= 4 is 5.91 Å². The Morgan fingerprint density at radius 1 is 1.37 bits per heavy atom. The molecule has 0 saturated carbocycles. The molecule has 0 heterocycles. The van der Waals surface area contributed by atoms with Gasteiger partial charge < -0.3 is 15.2 Å². The van der Waals surface area contributed by atoms with Gasteiger partial charge in [0.1, 0.15) is 5.75 Å². The summed E-state index contributed by atoms with van der Waals surface area (Å²) in [6, 6.07) is 7.72. The highest BCUT2D eigenvalue weighted by Crippen LogP contribution is 2.16. The molecule has 0 spiro atoms. The number of aliphatic hydroxyl groups is 1. The summed E-state index contributed by atoms with van der Waals surface area (Å²) in [5, 5.41) is 11.9. The molecule has 0 atom stereocenters. The molecule has 0 aliphatic carbocycles. The lowest BCUT2D eigenvalue weighted by Gasteiger charge is -2.21. The Hall–Kier alpha value is -1.55. The van der Waals surface area contributed by atoms with Crippen molar-refractivity contribution in [1.82, 2.24) is 5.32 Å². The van der Waals surface area contributed by atoms with Gasteiger partial charge in [-0.05, 0) is 18.6 Å². The first-order chi connectivity index (χ1) is 8.94. The Kier molecular flexibility index (Phi) is 5.83. The minimum Gasteiger partial charge on any atom is -0.493 e. The van der Waals surface area contributed by atoms with Gasteiger partial charge in [0.2, 0.25) is 5.91 Å². The average Bonchev–Trinajstić information content (AvgIpc) is 2.39. The number of benzene rings is 1. The number of amides is 1. The lowest BCUT2D eigenvalue weighted by Crippen LogP contribution is -2.36. The number of ether oxygens (including phenoxy) is 1. The number of nitrogens with one attached hydrogen (secondary N) is 1. The minimum atomic E-state index is -0.285. The normalized spacial score (nSPS) is 11.2. The molecule has 1 rings (SSSR count). The third kappa shape index (κ3) is 5.75. The van der Waals surface area contributed by atoms with Gasteiger partial charge in [0.25, 0.3) is 0 Å². The van der Waals surface area contributed by atoms with Crippen LogP contribution < -0.4 is 10.1 Å². The molecule has 1 amide bonds. The molecule has 0 aromatic heterocycles. The molecule has 0 bridgehead atoms.